The van der Waals surface area contributed by atoms with Crippen molar-refractivity contribution >= 4 is 194 Å². The zero-order valence-electron chi connectivity index (χ0n) is 62.3. The summed E-state index contributed by atoms with van der Waals surface area (Å²) in [6, 6.07) is 142. The van der Waals surface area contributed by atoms with E-state index in [-0.39, 0.29) is 0 Å². The Kier molecular flexibility index (Phi) is 15.2. The van der Waals surface area contributed by atoms with Crippen molar-refractivity contribution in [3.8, 4) is 77.9 Å². The third-order valence-electron chi connectivity index (χ3n) is 23.6. The van der Waals surface area contributed by atoms with E-state index in [1.165, 1.54) is 88.3 Å². The van der Waals surface area contributed by atoms with Crippen molar-refractivity contribution in [3.05, 3.63) is 388 Å². The molecule has 8 heteroatoms. The van der Waals surface area contributed by atoms with E-state index in [9.17, 15) is 0 Å². The molecule has 0 fully saturated rings. The van der Waals surface area contributed by atoms with Gasteiger partial charge in [-0.15, -0.1) is 34.0 Å². The molecule has 0 amide bonds. The van der Waals surface area contributed by atoms with Gasteiger partial charge in [0.1, 0.15) is 33.5 Å². The van der Waals surface area contributed by atoms with Gasteiger partial charge in [0.25, 0.3) is 0 Å². The van der Waals surface area contributed by atoms with Gasteiger partial charge in [-0.2, -0.15) is 0 Å². The molecule has 24 aromatic rings. The van der Waals surface area contributed by atoms with Gasteiger partial charge >= 0.3 is 0 Å². The van der Waals surface area contributed by atoms with Gasteiger partial charge in [-0.25, -0.2) is 0 Å². The molecule has 116 heavy (non-hydrogen) atoms. The summed E-state index contributed by atoms with van der Waals surface area (Å²) >= 11 is 5.55. The Morgan fingerprint density at radius 3 is 0.940 bits per heavy atom. The topological polar surface area (TPSA) is 45.9 Å². The lowest BCUT2D eigenvalue weighted by atomic mass is 9.93. The first-order chi connectivity index (χ1) is 57.5. The van der Waals surface area contributed by atoms with Crippen molar-refractivity contribution in [2.75, 3.05) is 9.80 Å². The average Bonchev–Trinajstić information content (AvgIpc) is 1.56. The normalized spacial score (nSPS) is 12.0. The van der Waals surface area contributed by atoms with Crippen molar-refractivity contribution in [2.45, 2.75) is 0 Å². The molecule has 0 unspecified atom stereocenters. The van der Waals surface area contributed by atoms with Crippen LogP contribution in [-0.2, 0) is 0 Å². The van der Waals surface area contributed by atoms with E-state index in [2.05, 4.69) is 374 Å². The number of thiophene rings is 3. The predicted molar refractivity (Wildman–Crippen MR) is 494 cm³/mol. The smallest absolute Gasteiger partial charge is 0.143 e. The summed E-state index contributed by atoms with van der Waals surface area (Å²) in [5.74, 6) is 0. The number of nitrogens with zero attached hydrogens (tertiary/aromatic N) is 2. The largest absolute Gasteiger partial charge is 0.456 e. The molecule has 0 N–H and O–H groups in total. The third kappa shape index (κ3) is 10.7. The molecular weight excluding hydrogens is 1470 g/mol. The van der Waals surface area contributed by atoms with E-state index >= 15 is 0 Å². The van der Waals surface area contributed by atoms with E-state index in [0.29, 0.717) is 0 Å². The number of anilines is 6. The first-order valence-corrected chi connectivity index (χ1v) is 41.7. The van der Waals surface area contributed by atoms with E-state index in [0.717, 1.165) is 150 Å². The lowest BCUT2D eigenvalue weighted by Crippen LogP contribution is -2.09. The number of rotatable bonds is 13. The lowest BCUT2D eigenvalue weighted by Gasteiger charge is -2.26. The van der Waals surface area contributed by atoms with Crippen molar-refractivity contribution in [3.63, 3.8) is 0 Å². The molecule has 0 radical (unpaired) electrons. The summed E-state index contributed by atoms with van der Waals surface area (Å²) in [6.45, 7) is 0. The Balaban J connectivity index is 0.567. The maximum Gasteiger partial charge on any atom is 0.143 e. The predicted octanol–water partition coefficient (Wildman–Crippen LogP) is 33.1. The highest BCUT2D eigenvalue weighted by molar-refractivity contribution is 7.26. The molecular formula is C108H64N2O3S3. The second-order valence-electron chi connectivity index (χ2n) is 30.0. The molecule has 0 saturated heterocycles. The molecule has 0 bridgehead atoms. The van der Waals surface area contributed by atoms with E-state index < -0.39 is 0 Å². The fourth-order valence-electron chi connectivity index (χ4n) is 18.2. The second-order valence-corrected chi connectivity index (χ2v) is 33.3. The lowest BCUT2D eigenvalue weighted by molar-refractivity contribution is 0.669. The maximum absolute atomic E-state index is 7.05. The summed E-state index contributed by atoms with van der Waals surface area (Å²) < 4.78 is 27.6. The van der Waals surface area contributed by atoms with Crippen LogP contribution in [0.15, 0.2) is 401 Å². The van der Waals surface area contributed by atoms with Crippen LogP contribution in [0.5, 0.6) is 0 Å². The van der Waals surface area contributed by atoms with Crippen LogP contribution < -0.4 is 9.80 Å². The minimum absolute atomic E-state index is 0.855. The zero-order chi connectivity index (χ0) is 76.1. The molecule has 6 heterocycles. The molecule has 5 nitrogen and oxygen atoms in total. The van der Waals surface area contributed by atoms with E-state index in [1.54, 1.807) is 0 Å². The number of furan rings is 3. The summed E-state index contributed by atoms with van der Waals surface area (Å²) in [6.07, 6.45) is 0. The summed E-state index contributed by atoms with van der Waals surface area (Å²) in [4.78, 5) is 4.75. The molecule has 24 rings (SSSR count). The summed E-state index contributed by atoms with van der Waals surface area (Å²) in [5.41, 5.74) is 27.6. The zero-order valence-corrected chi connectivity index (χ0v) is 64.7. The Bertz CT molecular complexity index is 7900. The minimum Gasteiger partial charge on any atom is -0.456 e. The van der Waals surface area contributed by atoms with Gasteiger partial charge in [0, 0.05) is 138 Å². The average molecular weight is 1530 g/mol. The van der Waals surface area contributed by atoms with E-state index in [4.69, 9.17) is 13.3 Å². The van der Waals surface area contributed by atoms with Crippen LogP contribution in [0.25, 0.3) is 204 Å². The number of hydrogen-bond donors (Lipinski definition) is 0. The van der Waals surface area contributed by atoms with Crippen molar-refractivity contribution in [1.82, 2.24) is 0 Å². The Morgan fingerprint density at radius 2 is 0.457 bits per heavy atom. The number of para-hydroxylation sites is 4. The molecule has 0 aliphatic heterocycles. The van der Waals surface area contributed by atoms with Gasteiger partial charge in [-0.1, -0.05) is 249 Å². The van der Waals surface area contributed by atoms with E-state index in [1.807, 2.05) is 58.3 Å². The number of fused-ring (bicyclic) bond motifs is 18. The SMILES string of the molecule is c1ccc2c(c1)oc1c(-c3ccc(N(c4ccc(-c5cccc6sc7ccccc7c56)cc4)c4ccc(-c5ccc(-c6ccc7c(c6)sc6cccc(-c8ccc(N(c9ccc(-c%10cccc%11oc%12ccccc%12c%10%11)cc9)c9ccc(-c%10cccc%11sc%12ccccc%12c%10%11)cc9)cc8)c67)c6oc7ccccc7c56)cc4)cc3)cccc12. The molecule has 0 aliphatic rings. The van der Waals surface area contributed by atoms with Crippen molar-refractivity contribution in [1.29, 1.82) is 0 Å². The van der Waals surface area contributed by atoms with Crippen LogP contribution in [0.3, 0.4) is 0 Å². The van der Waals surface area contributed by atoms with Gasteiger partial charge in [-0.3, -0.25) is 0 Å². The summed E-state index contributed by atoms with van der Waals surface area (Å²) in [7, 11) is 0. The highest BCUT2D eigenvalue weighted by Gasteiger charge is 2.24. The molecule has 0 atom stereocenters. The van der Waals surface area contributed by atoms with Crippen LogP contribution in [0, 0.1) is 0 Å². The molecule has 0 spiro atoms. The van der Waals surface area contributed by atoms with Crippen LogP contribution in [-0.4, -0.2) is 0 Å². The maximum atomic E-state index is 7.05. The first-order valence-electron chi connectivity index (χ1n) is 39.2. The van der Waals surface area contributed by atoms with Gasteiger partial charge in [-0.05, 0) is 206 Å². The Labute approximate surface area is 678 Å². The fourth-order valence-corrected chi connectivity index (χ4v) is 21.6. The minimum atomic E-state index is 0.855. The van der Waals surface area contributed by atoms with Crippen molar-refractivity contribution < 1.29 is 13.3 Å². The fraction of sp³-hybridized carbons (Fsp3) is 0. The van der Waals surface area contributed by atoms with Crippen molar-refractivity contribution in [2.24, 2.45) is 0 Å². The number of benzene rings is 18. The van der Waals surface area contributed by atoms with Gasteiger partial charge in [0.15, 0.2) is 0 Å². The molecule has 542 valence electrons. The number of hydrogen-bond acceptors (Lipinski definition) is 8. The Hall–Kier alpha value is -14.4. The molecule has 6 aromatic heterocycles. The monoisotopic (exact) mass is 1530 g/mol. The van der Waals surface area contributed by atoms with Gasteiger partial charge in [0.05, 0.1) is 0 Å². The van der Waals surface area contributed by atoms with Crippen LogP contribution in [0.1, 0.15) is 0 Å². The first kappa shape index (κ1) is 66.2. The molecule has 18 aromatic carbocycles. The third-order valence-corrected chi connectivity index (χ3v) is 27.0. The Morgan fingerprint density at radius 1 is 0.164 bits per heavy atom. The second kappa shape index (κ2) is 26.6. The van der Waals surface area contributed by atoms with Crippen LogP contribution in [0.2, 0.25) is 0 Å². The van der Waals surface area contributed by atoms with Gasteiger partial charge < -0.3 is 23.1 Å². The quantitative estimate of drug-likeness (QED) is 0.115. The summed E-state index contributed by atoms with van der Waals surface area (Å²) in [5, 5.41) is 14.3. The molecule has 0 aliphatic carbocycles. The highest BCUT2D eigenvalue weighted by Crippen LogP contribution is 2.51. The van der Waals surface area contributed by atoms with Gasteiger partial charge in [0.2, 0.25) is 0 Å². The van der Waals surface area contributed by atoms with Crippen LogP contribution in [0.4, 0.5) is 34.1 Å². The molecule has 0 saturated carbocycles. The standard InChI is InChI=1S/C108H64N2O3S3/c1-6-27-92-85(16-1)86-26-11-25-83(107(86)112-92)70-46-59-77(60-47-70)110(75-53-40-67(41-54-75)80-23-14-34-99-104(80)90-20-5-10-32-97(90)115-99)76-57-44-69(45-58-76)82-62-63-84(108-106(82)88-18-3-8-29-94(88)113-108)71-48-61-91-101(64-71)116-100-35-15-24-81(105(91)100)68-42-55-74(56-43-68)109(72-49-36-65(37-50-72)78-21-12-30-95-102(78)87-17-2-7-28-93(87)111-95)73-51-38-66(39-52-73)79-22-13-33-98-103(79)89-19-4-9-31-96(89)114-98/h1-64H. The highest BCUT2D eigenvalue weighted by atomic mass is 32.1. The van der Waals surface area contributed by atoms with Crippen LogP contribution >= 0.6 is 34.0 Å².